The van der Waals surface area contributed by atoms with Gasteiger partial charge in [-0.15, -0.1) is 0 Å². The molecule has 0 fully saturated rings. The molecule has 0 aromatic heterocycles. The maximum atomic E-state index is 10.7. The average Bonchev–Trinajstić information content (AvgIpc) is 2.37. The zero-order valence-electron chi connectivity index (χ0n) is 9.83. The molecule has 7 heteroatoms. The van der Waals surface area contributed by atoms with Gasteiger partial charge in [0.1, 0.15) is 12.4 Å². The summed E-state index contributed by atoms with van der Waals surface area (Å²) in [6.07, 6.45) is -0.484. The van der Waals surface area contributed by atoms with E-state index in [9.17, 15) is 10.0 Å². The van der Waals surface area contributed by atoms with Crippen molar-refractivity contribution in [2.45, 2.75) is 6.10 Å². The van der Waals surface area contributed by atoms with Crippen molar-refractivity contribution in [2.24, 2.45) is 5.73 Å². The molecule has 1 unspecified atom stereocenters. The van der Waals surface area contributed by atoms with Crippen molar-refractivity contribution in [1.82, 2.24) is 5.06 Å². The van der Waals surface area contributed by atoms with E-state index in [2.05, 4.69) is 0 Å². The fourth-order valence-corrected chi connectivity index (χ4v) is 1.60. The lowest BCUT2D eigenvalue weighted by Crippen LogP contribution is -2.44. The Balaban J connectivity index is 2.06. The minimum absolute atomic E-state index is 0.0635. The number of fused-ring (bicyclic) bond motifs is 1. The first-order valence-electron chi connectivity index (χ1n) is 5.33. The molecule has 2 rings (SSSR count). The van der Waals surface area contributed by atoms with Crippen LogP contribution in [0.3, 0.4) is 0 Å². The summed E-state index contributed by atoms with van der Waals surface area (Å²) in [5.74, 6) is 1.73. The summed E-state index contributed by atoms with van der Waals surface area (Å²) >= 11 is 0. The van der Waals surface area contributed by atoms with E-state index in [0.29, 0.717) is 22.3 Å². The summed E-state index contributed by atoms with van der Waals surface area (Å²) in [7, 11) is 1.55. The van der Waals surface area contributed by atoms with E-state index >= 15 is 0 Å². The first-order chi connectivity index (χ1) is 8.60. The molecule has 1 aliphatic rings. The number of nitrogens with zero attached hydrogens (tertiary/aromatic N) is 1. The molecule has 1 aromatic rings. The maximum Gasteiger partial charge on any atom is 0.338 e. The lowest BCUT2D eigenvalue weighted by Gasteiger charge is -2.28. The molecule has 3 N–H and O–H groups in total. The number of hydroxylamine groups is 2. The fourth-order valence-electron chi connectivity index (χ4n) is 1.60. The number of nitrogens with two attached hydrogens (primary N) is 1. The third-order valence-electron chi connectivity index (χ3n) is 2.50. The van der Waals surface area contributed by atoms with Gasteiger partial charge in [-0.3, -0.25) is 5.21 Å². The number of hydrogen-bond donors (Lipinski definition) is 2. The van der Waals surface area contributed by atoms with E-state index in [1.807, 2.05) is 0 Å². The van der Waals surface area contributed by atoms with Crippen molar-refractivity contribution in [3.8, 4) is 17.2 Å². The average molecular weight is 254 g/mol. The highest BCUT2D eigenvalue weighted by molar-refractivity contribution is 5.70. The molecule has 0 saturated heterocycles. The van der Waals surface area contributed by atoms with Crippen molar-refractivity contribution < 1.29 is 24.2 Å². The molecule has 18 heavy (non-hydrogen) atoms. The summed E-state index contributed by atoms with van der Waals surface area (Å²) in [4.78, 5) is 10.7. The Morgan fingerprint density at radius 2 is 2.39 bits per heavy atom. The van der Waals surface area contributed by atoms with Crippen LogP contribution in [-0.4, -0.2) is 42.7 Å². The molecule has 7 nitrogen and oxygen atoms in total. The molecule has 1 aromatic carbocycles. The number of urea groups is 1. The van der Waals surface area contributed by atoms with Crippen LogP contribution in [-0.2, 0) is 0 Å². The smallest absolute Gasteiger partial charge is 0.338 e. The first-order valence-corrected chi connectivity index (χ1v) is 5.33. The maximum absolute atomic E-state index is 10.7. The summed E-state index contributed by atoms with van der Waals surface area (Å²) in [6.45, 7) is 0.162. The summed E-state index contributed by atoms with van der Waals surface area (Å²) < 4.78 is 16.1. The van der Waals surface area contributed by atoms with Crippen LogP contribution >= 0.6 is 0 Å². The van der Waals surface area contributed by atoms with Crippen molar-refractivity contribution in [3.63, 3.8) is 0 Å². The third kappa shape index (κ3) is 2.57. The minimum Gasteiger partial charge on any atom is -0.497 e. The third-order valence-corrected chi connectivity index (χ3v) is 2.50. The van der Waals surface area contributed by atoms with Crippen LogP contribution < -0.4 is 19.9 Å². The molecule has 98 valence electrons. The second-order valence-electron chi connectivity index (χ2n) is 3.78. The van der Waals surface area contributed by atoms with Gasteiger partial charge in [-0.2, -0.15) is 0 Å². The molecule has 0 spiro atoms. The Bertz CT molecular complexity index is 451. The van der Waals surface area contributed by atoms with Crippen molar-refractivity contribution in [3.05, 3.63) is 18.2 Å². The van der Waals surface area contributed by atoms with Gasteiger partial charge in [0, 0.05) is 6.07 Å². The second kappa shape index (κ2) is 5.01. The number of carbonyl (C=O) groups excluding carboxylic acids is 1. The number of hydrogen-bond acceptors (Lipinski definition) is 5. The largest absolute Gasteiger partial charge is 0.497 e. The Labute approximate surface area is 104 Å². The first kappa shape index (κ1) is 12.3. The molecule has 1 atom stereocenters. The molecule has 0 saturated carbocycles. The quantitative estimate of drug-likeness (QED) is 0.608. The molecule has 2 amide bonds. The van der Waals surface area contributed by atoms with Crippen LogP contribution in [0.2, 0.25) is 0 Å². The van der Waals surface area contributed by atoms with Crippen LogP contribution in [0.4, 0.5) is 4.79 Å². The minimum atomic E-state index is -0.935. The molecule has 0 bridgehead atoms. The normalized spacial score (nSPS) is 17.1. The van der Waals surface area contributed by atoms with Crippen LogP contribution in [0.1, 0.15) is 0 Å². The highest BCUT2D eigenvalue weighted by Gasteiger charge is 2.24. The number of benzene rings is 1. The Hall–Kier alpha value is -2.15. The monoisotopic (exact) mass is 254 g/mol. The lowest BCUT2D eigenvalue weighted by molar-refractivity contribution is -0.0714. The fraction of sp³-hybridized carbons (Fsp3) is 0.364. The van der Waals surface area contributed by atoms with Gasteiger partial charge in [0.15, 0.2) is 17.6 Å². The van der Waals surface area contributed by atoms with Gasteiger partial charge in [0.2, 0.25) is 0 Å². The molecular weight excluding hydrogens is 240 g/mol. The van der Waals surface area contributed by atoms with Crippen molar-refractivity contribution in [1.29, 1.82) is 0 Å². The van der Waals surface area contributed by atoms with E-state index in [1.54, 1.807) is 25.3 Å². The number of rotatable bonds is 3. The van der Waals surface area contributed by atoms with Gasteiger partial charge in [0.05, 0.1) is 13.7 Å². The van der Waals surface area contributed by atoms with E-state index in [4.69, 9.17) is 19.9 Å². The number of ether oxygens (including phenoxy) is 3. The van der Waals surface area contributed by atoms with E-state index in [0.717, 1.165) is 0 Å². The predicted molar refractivity (Wildman–Crippen MR) is 61.0 cm³/mol. The number of methoxy groups -OCH3 is 1. The summed E-state index contributed by atoms with van der Waals surface area (Å²) in [6, 6.07) is 4.22. The van der Waals surface area contributed by atoms with Gasteiger partial charge >= 0.3 is 6.03 Å². The van der Waals surface area contributed by atoms with E-state index in [-0.39, 0.29) is 13.2 Å². The molecule has 1 heterocycles. The van der Waals surface area contributed by atoms with Crippen LogP contribution in [0.15, 0.2) is 18.2 Å². The highest BCUT2D eigenvalue weighted by Crippen LogP contribution is 2.34. The summed E-state index contributed by atoms with van der Waals surface area (Å²) in [5, 5.41) is 9.61. The zero-order chi connectivity index (χ0) is 13.1. The lowest BCUT2D eigenvalue weighted by atomic mass is 10.2. The van der Waals surface area contributed by atoms with Gasteiger partial charge in [-0.05, 0) is 12.1 Å². The van der Waals surface area contributed by atoms with Gasteiger partial charge in [-0.1, -0.05) is 0 Å². The van der Waals surface area contributed by atoms with E-state index < -0.39 is 12.1 Å². The Morgan fingerprint density at radius 3 is 3.06 bits per heavy atom. The van der Waals surface area contributed by atoms with Gasteiger partial charge < -0.3 is 19.9 Å². The van der Waals surface area contributed by atoms with Gasteiger partial charge in [-0.25, -0.2) is 9.86 Å². The van der Waals surface area contributed by atoms with E-state index in [1.165, 1.54) is 0 Å². The second-order valence-corrected chi connectivity index (χ2v) is 3.78. The molecule has 1 aliphatic heterocycles. The number of amides is 2. The topological polar surface area (TPSA) is 94.3 Å². The SMILES string of the molecule is COc1ccc2c(c1)OC(CN(O)C(N)=O)CO2. The molecular formula is C11H14N2O5. The highest BCUT2D eigenvalue weighted by atomic mass is 16.6. The summed E-state index contributed by atoms with van der Waals surface area (Å²) in [5.41, 5.74) is 4.91. The molecule has 0 aliphatic carbocycles. The van der Waals surface area contributed by atoms with Crippen molar-refractivity contribution in [2.75, 3.05) is 20.3 Å². The Kier molecular flexibility index (Phi) is 3.42. The predicted octanol–water partition coefficient (Wildman–Crippen LogP) is 0.605. The van der Waals surface area contributed by atoms with Gasteiger partial charge in [0.25, 0.3) is 0 Å². The number of primary amides is 1. The van der Waals surface area contributed by atoms with Crippen molar-refractivity contribution >= 4 is 6.03 Å². The van der Waals surface area contributed by atoms with Crippen LogP contribution in [0.25, 0.3) is 0 Å². The van der Waals surface area contributed by atoms with Crippen LogP contribution in [0, 0.1) is 0 Å². The van der Waals surface area contributed by atoms with Crippen LogP contribution in [0.5, 0.6) is 17.2 Å². The molecule has 0 radical (unpaired) electrons. The number of carbonyl (C=O) groups is 1. The zero-order valence-corrected chi connectivity index (χ0v) is 9.83. The Morgan fingerprint density at radius 1 is 1.61 bits per heavy atom. The standard InChI is InChI=1S/C11H14N2O5/c1-16-7-2-3-9-10(4-7)18-8(6-17-9)5-13(15)11(12)14/h2-4,8,15H,5-6H2,1H3,(H2,12,14).